The Hall–Kier alpha value is -3.77. The van der Waals surface area contributed by atoms with E-state index in [1.807, 2.05) is 13.0 Å². The number of allylic oxidation sites excluding steroid dienone is 4. The van der Waals surface area contributed by atoms with Crippen molar-refractivity contribution in [3.8, 4) is 6.07 Å². The lowest BCUT2D eigenvalue weighted by Gasteiger charge is -2.42. The first-order valence-corrected chi connectivity index (χ1v) is 16.1. The van der Waals surface area contributed by atoms with Crippen molar-refractivity contribution in [2.24, 2.45) is 11.8 Å². The van der Waals surface area contributed by atoms with Crippen molar-refractivity contribution in [2.45, 2.75) is 104 Å². The Morgan fingerprint density at radius 3 is 2.70 bits per heavy atom. The summed E-state index contributed by atoms with van der Waals surface area (Å²) in [5.41, 5.74) is 6.60. The highest BCUT2D eigenvalue weighted by molar-refractivity contribution is 5.94. The Bertz CT molecular complexity index is 1510. The molecule has 0 radical (unpaired) electrons. The fourth-order valence-corrected chi connectivity index (χ4v) is 8.01. The van der Waals surface area contributed by atoms with Crippen molar-refractivity contribution in [2.75, 3.05) is 13.1 Å². The van der Waals surface area contributed by atoms with Crippen LogP contribution in [0.3, 0.4) is 0 Å². The van der Waals surface area contributed by atoms with E-state index in [-0.39, 0.29) is 11.9 Å². The van der Waals surface area contributed by atoms with Crippen LogP contribution >= 0.6 is 0 Å². The number of hydrogen-bond acceptors (Lipinski definition) is 7. The predicted octanol–water partition coefficient (Wildman–Crippen LogP) is 5.36. The lowest BCUT2D eigenvalue weighted by atomic mass is 9.64. The number of nitrogens with one attached hydrogen (secondary N) is 3. The molecular weight excluding hydrogens is 548 g/mol. The van der Waals surface area contributed by atoms with Gasteiger partial charge in [-0.3, -0.25) is 4.79 Å². The molecule has 3 N–H and O–H groups in total. The molecule has 44 heavy (non-hydrogen) atoms. The largest absolute Gasteiger partial charge is 0.355 e. The molecule has 1 aromatic carbocycles. The number of rotatable bonds is 11. The number of carbonyl (C=O) groups is 1. The third kappa shape index (κ3) is 5.72. The van der Waals surface area contributed by atoms with Crippen molar-refractivity contribution in [1.29, 1.82) is 5.26 Å². The van der Waals surface area contributed by atoms with Crippen molar-refractivity contribution in [1.82, 2.24) is 36.2 Å². The van der Waals surface area contributed by atoms with Gasteiger partial charge in [0.25, 0.3) is 5.91 Å². The minimum absolute atomic E-state index is 0.0665. The summed E-state index contributed by atoms with van der Waals surface area (Å²) in [6, 6.07) is 8.94. The molecule has 0 spiro atoms. The van der Waals surface area contributed by atoms with Gasteiger partial charge in [-0.05, 0) is 113 Å². The molecule has 2 aliphatic carbocycles. The summed E-state index contributed by atoms with van der Waals surface area (Å²) >= 11 is 0. The van der Waals surface area contributed by atoms with Gasteiger partial charge in [0, 0.05) is 35.9 Å². The van der Waals surface area contributed by atoms with Gasteiger partial charge in [-0.2, -0.15) is 10.5 Å². The summed E-state index contributed by atoms with van der Waals surface area (Å²) in [4.78, 5) is 15.2. The van der Waals surface area contributed by atoms with E-state index in [0.717, 1.165) is 42.5 Å². The number of aromatic amines is 1. The van der Waals surface area contributed by atoms with Crippen LogP contribution in [0.5, 0.6) is 0 Å². The first-order valence-electron chi connectivity index (χ1n) is 16.1. The first kappa shape index (κ1) is 31.6. The van der Waals surface area contributed by atoms with E-state index in [9.17, 15) is 10.1 Å². The fourth-order valence-electron chi connectivity index (χ4n) is 8.01. The molecule has 5 unspecified atom stereocenters. The Morgan fingerprint density at radius 1 is 1.30 bits per heavy atom. The van der Waals surface area contributed by atoms with E-state index >= 15 is 0 Å². The molecular formula is C35H48N8O. The second-order valence-electron chi connectivity index (χ2n) is 13.7. The lowest BCUT2D eigenvalue weighted by molar-refractivity contribution is 0.0955. The number of piperidine rings is 1. The number of benzene rings is 1. The number of H-pyrrole nitrogens is 1. The fraction of sp³-hybridized carbons (Fsp3) is 0.571. The maximum absolute atomic E-state index is 12.9. The molecule has 0 bridgehead atoms. The maximum atomic E-state index is 12.9. The Balaban J connectivity index is 1.58. The second kappa shape index (κ2) is 12.3. The molecule has 1 saturated carbocycles. The van der Waals surface area contributed by atoms with Crippen LogP contribution in [0.15, 0.2) is 53.3 Å². The number of aryl methyl sites for hydroxylation is 1. The number of amides is 1. The lowest BCUT2D eigenvalue weighted by Crippen LogP contribution is -2.49. The number of aromatic nitrogens is 4. The van der Waals surface area contributed by atoms with Gasteiger partial charge in [0.2, 0.25) is 0 Å². The van der Waals surface area contributed by atoms with Gasteiger partial charge in [0.15, 0.2) is 5.82 Å². The summed E-state index contributed by atoms with van der Waals surface area (Å²) in [5, 5.41) is 32.7. The van der Waals surface area contributed by atoms with E-state index in [2.05, 4.69) is 109 Å². The molecule has 2 fully saturated rings. The van der Waals surface area contributed by atoms with Crippen LogP contribution in [-0.2, 0) is 11.8 Å². The Kier molecular flexibility index (Phi) is 8.86. The van der Waals surface area contributed by atoms with E-state index in [4.69, 9.17) is 0 Å². The van der Waals surface area contributed by atoms with Crippen molar-refractivity contribution in [3.05, 3.63) is 75.8 Å². The molecule has 1 saturated heterocycles. The average molecular weight is 597 g/mol. The SMILES string of the molecule is C=C(CNC(C)(C)CC1(c2nn[nH]n2)C(CC)=C(C=C(C)C)CCc2cc(C(=O)NCC)ccc21)N1C(C#N)CC2C(C)C21. The normalized spacial score (nSPS) is 25.9. The zero-order chi connectivity index (χ0) is 31.8. The van der Waals surface area contributed by atoms with Crippen LogP contribution < -0.4 is 10.6 Å². The third-order valence-corrected chi connectivity index (χ3v) is 9.93. The summed E-state index contributed by atoms with van der Waals surface area (Å²) in [5.74, 6) is 1.78. The minimum Gasteiger partial charge on any atom is -0.355 e. The number of hydrogen-bond donors (Lipinski definition) is 3. The summed E-state index contributed by atoms with van der Waals surface area (Å²) in [6.07, 6.45) is 6.37. The minimum atomic E-state index is -0.689. The quantitative estimate of drug-likeness (QED) is 0.319. The topological polar surface area (TPSA) is 123 Å². The van der Waals surface area contributed by atoms with Crippen LogP contribution in [0.25, 0.3) is 0 Å². The molecule has 9 heteroatoms. The van der Waals surface area contributed by atoms with E-state index < -0.39 is 11.0 Å². The van der Waals surface area contributed by atoms with Gasteiger partial charge in [-0.25, -0.2) is 0 Å². The Morgan fingerprint density at radius 2 is 2.07 bits per heavy atom. The van der Waals surface area contributed by atoms with Gasteiger partial charge in [0.1, 0.15) is 6.04 Å². The number of nitriles is 1. The van der Waals surface area contributed by atoms with Crippen molar-refractivity contribution in [3.63, 3.8) is 0 Å². The third-order valence-electron chi connectivity index (χ3n) is 9.93. The monoisotopic (exact) mass is 596 g/mol. The smallest absolute Gasteiger partial charge is 0.251 e. The van der Waals surface area contributed by atoms with Gasteiger partial charge < -0.3 is 15.5 Å². The molecule has 2 heterocycles. The highest BCUT2D eigenvalue weighted by Crippen LogP contribution is 2.54. The van der Waals surface area contributed by atoms with Crippen LogP contribution in [0.1, 0.15) is 101 Å². The molecule has 9 nitrogen and oxygen atoms in total. The molecule has 1 amide bonds. The molecule has 234 valence electrons. The summed E-state index contributed by atoms with van der Waals surface area (Å²) in [7, 11) is 0. The second-order valence-corrected chi connectivity index (χ2v) is 13.7. The predicted molar refractivity (Wildman–Crippen MR) is 173 cm³/mol. The molecule has 5 atom stereocenters. The number of likely N-dealkylation sites (tertiary alicyclic amines) is 1. The number of carbonyl (C=O) groups excluding carboxylic acids is 1. The molecule has 1 aromatic heterocycles. The van der Waals surface area contributed by atoms with Crippen LogP contribution in [0.2, 0.25) is 0 Å². The zero-order valence-electron chi connectivity index (χ0n) is 27.4. The summed E-state index contributed by atoms with van der Waals surface area (Å²) in [6.45, 7) is 20.7. The van der Waals surface area contributed by atoms with E-state index in [0.29, 0.717) is 48.8 Å². The van der Waals surface area contributed by atoms with Crippen LogP contribution in [-0.4, -0.2) is 62.1 Å². The van der Waals surface area contributed by atoms with E-state index in [1.165, 1.54) is 16.7 Å². The van der Waals surface area contributed by atoms with Gasteiger partial charge >= 0.3 is 0 Å². The van der Waals surface area contributed by atoms with E-state index in [1.54, 1.807) is 0 Å². The van der Waals surface area contributed by atoms with Crippen molar-refractivity contribution < 1.29 is 4.79 Å². The number of fused-ring (bicyclic) bond motifs is 2. The zero-order valence-corrected chi connectivity index (χ0v) is 27.4. The van der Waals surface area contributed by atoms with Crippen LogP contribution in [0, 0.1) is 23.2 Å². The number of nitrogens with zero attached hydrogens (tertiary/aromatic N) is 5. The molecule has 3 aliphatic rings. The highest BCUT2D eigenvalue weighted by atomic mass is 16.1. The first-order chi connectivity index (χ1) is 21.0. The average Bonchev–Trinajstić information content (AvgIpc) is 3.35. The molecule has 1 aliphatic heterocycles. The van der Waals surface area contributed by atoms with Crippen molar-refractivity contribution >= 4 is 5.91 Å². The van der Waals surface area contributed by atoms with Crippen LogP contribution in [0.4, 0.5) is 0 Å². The molecule has 2 aromatic rings. The van der Waals surface area contributed by atoms with Gasteiger partial charge in [0.05, 0.1) is 11.5 Å². The maximum Gasteiger partial charge on any atom is 0.251 e. The standard InChI is InChI=1S/C35H48N8O/c1-9-29-24(15-21(3)4)11-12-25-16-26(32(44)37-10-2)13-14-30(25)35(29,33-39-41-42-40-33)20-34(7,8)38-19-22(5)43-27(18-36)17-28-23(6)31(28)43/h13-16,23,27-28,31,38H,5,9-12,17,19-20H2,1-4,6-8H3,(H,37,44)(H,39,40,41,42). The van der Waals surface area contributed by atoms with Gasteiger partial charge in [-0.15, -0.1) is 10.2 Å². The Labute approximate surface area is 262 Å². The van der Waals surface area contributed by atoms with Gasteiger partial charge in [-0.1, -0.05) is 43.4 Å². The summed E-state index contributed by atoms with van der Waals surface area (Å²) < 4.78 is 0. The number of tetrazole rings is 1. The highest BCUT2D eigenvalue weighted by Gasteiger charge is 2.59. The molecule has 5 rings (SSSR count).